The highest BCUT2D eigenvalue weighted by atomic mass is 19.4. The molecule has 1 saturated carbocycles. The first-order valence-electron chi connectivity index (χ1n) is 7.13. The van der Waals surface area contributed by atoms with Crippen molar-refractivity contribution in [1.82, 2.24) is 0 Å². The smallest absolute Gasteiger partial charge is 0.398 e. The lowest BCUT2D eigenvalue weighted by molar-refractivity contribution is -0.136. The number of aliphatic hydroxyl groups is 1. The van der Waals surface area contributed by atoms with E-state index in [2.05, 4.69) is 12.2 Å². The zero-order chi connectivity index (χ0) is 15.7. The minimum Gasteiger partial charge on any atom is -0.398 e. The Bertz CT molecular complexity index is 494. The minimum atomic E-state index is -4.47. The molecule has 0 heterocycles. The van der Waals surface area contributed by atoms with Crippen LogP contribution < -0.4 is 11.1 Å². The Morgan fingerprint density at radius 2 is 1.95 bits per heavy atom. The van der Waals surface area contributed by atoms with Gasteiger partial charge in [-0.3, -0.25) is 0 Å². The molecule has 0 radical (unpaired) electrons. The molecule has 0 spiro atoms. The predicted octanol–water partition coefficient (Wildman–Crippen LogP) is 3.64. The van der Waals surface area contributed by atoms with Crippen LogP contribution in [0, 0.1) is 5.92 Å². The Hall–Kier alpha value is -1.43. The maximum absolute atomic E-state index is 12.8. The number of benzene rings is 1. The normalized spacial score (nSPS) is 26.6. The summed E-state index contributed by atoms with van der Waals surface area (Å²) in [6.45, 7) is 2.39. The van der Waals surface area contributed by atoms with E-state index in [1.165, 1.54) is 12.1 Å². The highest BCUT2D eigenvalue weighted by Gasteiger charge is 2.34. The number of halogens is 3. The maximum atomic E-state index is 12.8. The second kappa shape index (κ2) is 5.75. The monoisotopic (exact) mass is 302 g/mol. The Morgan fingerprint density at radius 1 is 1.33 bits per heavy atom. The predicted molar refractivity (Wildman–Crippen MR) is 76.9 cm³/mol. The Kier molecular flexibility index (Phi) is 4.37. The number of alkyl halides is 3. The zero-order valence-electron chi connectivity index (χ0n) is 12.0. The van der Waals surface area contributed by atoms with Gasteiger partial charge in [-0.05, 0) is 49.8 Å². The Labute approximate surface area is 122 Å². The van der Waals surface area contributed by atoms with Crippen LogP contribution in [-0.2, 0) is 6.18 Å². The molecule has 0 aromatic heterocycles. The summed E-state index contributed by atoms with van der Waals surface area (Å²) < 4.78 is 38.4. The molecule has 0 amide bonds. The van der Waals surface area contributed by atoms with Gasteiger partial charge in [-0.15, -0.1) is 0 Å². The van der Waals surface area contributed by atoms with Gasteiger partial charge >= 0.3 is 6.18 Å². The molecule has 4 N–H and O–H groups in total. The molecular weight excluding hydrogens is 281 g/mol. The Balaban J connectivity index is 2.04. The van der Waals surface area contributed by atoms with Gasteiger partial charge < -0.3 is 16.2 Å². The van der Waals surface area contributed by atoms with Crippen LogP contribution in [0.1, 0.15) is 38.2 Å². The molecule has 1 fully saturated rings. The Morgan fingerprint density at radius 3 is 2.52 bits per heavy atom. The van der Waals surface area contributed by atoms with Gasteiger partial charge in [0.05, 0.1) is 11.2 Å². The van der Waals surface area contributed by atoms with E-state index in [0.717, 1.165) is 18.9 Å². The lowest BCUT2D eigenvalue weighted by Crippen LogP contribution is -2.40. The third kappa shape index (κ3) is 4.03. The highest BCUT2D eigenvalue weighted by Crippen LogP contribution is 2.36. The van der Waals surface area contributed by atoms with Crippen molar-refractivity contribution in [2.75, 3.05) is 17.6 Å². The van der Waals surface area contributed by atoms with Crippen LogP contribution in [-0.4, -0.2) is 17.3 Å². The number of anilines is 2. The van der Waals surface area contributed by atoms with Crippen molar-refractivity contribution in [2.24, 2.45) is 5.92 Å². The van der Waals surface area contributed by atoms with Crippen LogP contribution in [0.15, 0.2) is 18.2 Å². The average molecular weight is 302 g/mol. The number of nitrogens with one attached hydrogen (secondary N) is 1. The molecule has 1 aliphatic rings. The van der Waals surface area contributed by atoms with Crippen LogP contribution in [0.2, 0.25) is 0 Å². The molecule has 1 aromatic rings. The standard InChI is InChI=1S/C15H21F3N2O/c1-10-4-6-14(21,7-5-10)9-20-11-2-3-13(19)12(8-11)15(16,17)18/h2-3,8,10,20-21H,4-7,9,19H2,1H3. The fourth-order valence-electron chi connectivity index (χ4n) is 2.65. The number of hydrogen-bond acceptors (Lipinski definition) is 3. The van der Waals surface area contributed by atoms with E-state index in [1.54, 1.807) is 0 Å². The molecule has 0 aliphatic heterocycles. The van der Waals surface area contributed by atoms with Crippen LogP contribution in [0.3, 0.4) is 0 Å². The molecule has 0 saturated heterocycles. The van der Waals surface area contributed by atoms with Gasteiger partial charge in [0, 0.05) is 17.9 Å². The van der Waals surface area contributed by atoms with Gasteiger partial charge in [0.1, 0.15) is 0 Å². The van der Waals surface area contributed by atoms with Gasteiger partial charge in [0.15, 0.2) is 0 Å². The summed E-state index contributed by atoms with van der Waals surface area (Å²) in [5, 5.41) is 13.3. The van der Waals surface area contributed by atoms with Crippen molar-refractivity contribution in [3.63, 3.8) is 0 Å². The number of rotatable bonds is 3. The van der Waals surface area contributed by atoms with Crippen molar-refractivity contribution in [2.45, 2.75) is 44.4 Å². The van der Waals surface area contributed by atoms with E-state index in [9.17, 15) is 18.3 Å². The summed E-state index contributed by atoms with van der Waals surface area (Å²) >= 11 is 0. The summed E-state index contributed by atoms with van der Waals surface area (Å²) in [7, 11) is 0. The third-order valence-electron chi connectivity index (χ3n) is 4.19. The number of nitrogens with two attached hydrogens (primary N) is 1. The number of hydrogen-bond donors (Lipinski definition) is 3. The van der Waals surface area contributed by atoms with E-state index in [0.29, 0.717) is 24.4 Å². The van der Waals surface area contributed by atoms with Crippen LogP contribution >= 0.6 is 0 Å². The van der Waals surface area contributed by atoms with E-state index < -0.39 is 17.3 Å². The van der Waals surface area contributed by atoms with Crippen molar-refractivity contribution >= 4 is 11.4 Å². The average Bonchev–Trinajstić information content (AvgIpc) is 2.40. The SMILES string of the molecule is CC1CCC(O)(CNc2ccc(N)c(C(F)(F)F)c2)CC1. The summed E-state index contributed by atoms with van der Waals surface area (Å²) in [5.41, 5.74) is 3.70. The lowest BCUT2D eigenvalue weighted by atomic mass is 9.79. The molecule has 0 unspecified atom stereocenters. The minimum absolute atomic E-state index is 0.251. The van der Waals surface area contributed by atoms with Gasteiger partial charge in [0.2, 0.25) is 0 Å². The molecule has 6 heteroatoms. The van der Waals surface area contributed by atoms with Crippen LogP contribution in [0.4, 0.5) is 24.5 Å². The lowest BCUT2D eigenvalue weighted by Gasteiger charge is -2.35. The van der Waals surface area contributed by atoms with Gasteiger partial charge in [0.25, 0.3) is 0 Å². The van der Waals surface area contributed by atoms with Crippen molar-refractivity contribution in [3.8, 4) is 0 Å². The van der Waals surface area contributed by atoms with Crippen LogP contribution in [0.25, 0.3) is 0 Å². The molecule has 1 aliphatic carbocycles. The first-order chi connectivity index (χ1) is 9.70. The van der Waals surface area contributed by atoms with Crippen molar-refractivity contribution < 1.29 is 18.3 Å². The third-order valence-corrected chi connectivity index (χ3v) is 4.19. The quantitative estimate of drug-likeness (QED) is 0.747. The summed E-state index contributed by atoms with van der Waals surface area (Å²) in [6.07, 6.45) is -1.26. The summed E-state index contributed by atoms with van der Waals surface area (Å²) in [5.74, 6) is 0.596. The molecule has 1 aromatic carbocycles. The zero-order valence-corrected chi connectivity index (χ0v) is 12.0. The second-order valence-electron chi connectivity index (χ2n) is 6.06. The molecule has 0 bridgehead atoms. The fraction of sp³-hybridized carbons (Fsp3) is 0.600. The van der Waals surface area contributed by atoms with Gasteiger partial charge in [-0.25, -0.2) is 0 Å². The molecule has 21 heavy (non-hydrogen) atoms. The first kappa shape index (κ1) is 15.9. The van der Waals surface area contributed by atoms with Crippen LogP contribution in [0.5, 0.6) is 0 Å². The largest absolute Gasteiger partial charge is 0.418 e. The maximum Gasteiger partial charge on any atom is 0.418 e. The second-order valence-corrected chi connectivity index (χ2v) is 6.06. The van der Waals surface area contributed by atoms with Crippen molar-refractivity contribution in [1.29, 1.82) is 0 Å². The van der Waals surface area contributed by atoms with E-state index in [4.69, 9.17) is 5.73 Å². The summed E-state index contributed by atoms with van der Waals surface area (Å²) in [6, 6.07) is 3.72. The molecule has 3 nitrogen and oxygen atoms in total. The molecule has 2 rings (SSSR count). The van der Waals surface area contributed by atoms with Gasteiger partial charge in [-0.1, -0.05) is 6.92 Å². The van der Waals surface area contributed by atoms with E-state index in [-0.39, 0.29) is 12.2 Å². The van der Waals surface area contributed by atoms with Gasteiger partial charge in [-0.2, -0.15) is 13.2 Å². The molecular formula is C15H21F3N2O. The molecule has 0 atom stereocenters. The van der Waals surface area contributed by atoms with Crippen molar-refractivity contribution in [3.05, 3.63) is 23.8 Å². The topological polar surface area (TPSA) is 58.3 Å². The number of nitrogen functional groups attached to an aromatic ring is 1. The van der Waals surface area contributed by atoms with E-state index >= 15 is 0 Å². The van der Waals surface area contributed by atoms with E-state index in [1.807, 2.05) is 0 Å². The summed E-state index contributed by atoms with van der Waals surface area (Å²) in [4.78, 5) is 0. The first-order valence-corrected chi connectivity index (χ1v) is 7.13. The highest BCUT2D eigenvalue weighted by molar-refractivity contribution is 5.58. The molecule has 118 valence electrons. The fourth-order valence-corrected chi connectivity index (χ4v) is 2.65.